The summed E-state index contributed by atoms with van der Waals surface area (Å²) in [4.78, 5) is 15.8. The first-order valence-electron chi connectivity index (χ1n) is 6.00. The van der Waals surface area contributed by atoms with Gasteiger partial charge in [0.15, 0.2) is 0 Å². The zero-order valence-corrected chi connectivity index (χ0v) is 12.3. The highest BCUT2D eigenvalue weighted by atomic mass is 79.9. The molecule has 0 bridgehead atoms. The molecule has 1 heterocycles. The molecular formula is C15H11BrN2O2. The second-order valence-electron chi connectivity index (χ2n) is 4.29. The predicted molar refractivity (Wildman–Crippen MR) is 80.1 cm³/mol. The van der Waals surface area contributed by atoms with Crippen LogP contribution in [0.2, 0.25) is 0 Å². The van der Waals surface area contributed by atoms with Crippen LogP contribution in [0.25, 0.3) is 16.7 Å². The van der Waals surface area contributed by atoms with Gasteiger partial charge in [0.1, 0.15) is 6.33 Å². The van der Waals surface area contributed by atoms with Crippen LogP contribution in [0.4, 0.5) is 0 Å². The van der Waals surface area contributed by atoms with Gasteiger partial charge in [-0.2, -0.15) is 0 Å². The quantitative estimate of drug-likeness (QED) is 0.674. The van der Waals surface area contributed by atoms with Crippen molar-refractivity contribution in [2.24, 2.45) is 0 Å². The van der Waals surface area contributed by atoms with Crippen molar-refractivity contribution >= 4 is 32.9 Å². The molecule has 0 N–H and O–H groups in total. The summed E-state index contributed by atoms with van der Waals surface area (Å²) in [7, 11) is 1.37. The van der Waals surface area contributed by atoms with Crippen molar-refractivity contribution in [1.82, 2.24) is 9.55 Å². The summed E-state index contributed by atoms with van der Waals surface area (Å²) < 4.78 is 7.71. The summed E-state index contributed by atoms with van der Waals surface area (Å²) in [5.74, 6) is -0.356. The monoisotopic (exact) mass is 330 g/mol. The van der Waals surface area contributed by atoms with Gasteiger partial charge in [-0.3, -0.25) is 4.57 Å². The van der Waals surface area contributed by atoms with E-state index < -0.39 is 0 Å². The van der Waals surface area contributed by atoms with Crippen LogP contribution in [-0.4, -0.2) is 22.6 Å². The van der Waals surface area contributed by atoms with E-state index in [0.717, 1.165) is 21.2 Å². The Morgan fingerprint density at radius 2 is 1.95 bits per heavy atom. The van der Waals surface area contributed by atoms with Gasteiger partial charge in [-0.25, -0.2) is 9.78 Å². The summed E-state index contributed by atoms with van der Waals surface area (Å²) in [6.45, 7) is 0. The first kappa shape index (κ1) is 12.9. The second kappa shape index (κ2) is 5.09. The Kier molecular flexibility index (Phi) is 3.28. The molecule has 0 aliphatic rings. The van der Waals surface area contributed by atoms with Crippen LogP contribution in [0, 0.1) is 0 Å². The van der Waals surface area contributed by atoms with Gasteiger partial charge in [-0.15, -0.1) is 0 Å². The van der Waals surface area contributed by atoms with Gasteiger partial charge in [0.05, 0.1) is 23.7 Å². The number of fused-ring (bicyclic) bond motifs is 1. The maximum Gasteiger partial charge on any atom is 0.337 e. The number of benzene rings is 2. The van der Waals surface area contributed by atoms with Crippen LogP contribution >= 0.6 is 15.9 Å². The van der Waals surface area contributed by atoms with E-state index in [1.165, 1.54) is 7.11 Å². The van der Waals surface area contributed by atoms with Crippen molar-refractivity contribution < 1.29 is 9.53 Å². The summed E-state index contributed by atoms with van der Waals surface area (Å²) in [5.41, 5.74) is 3.22. The third kappa shape index (κ3) is 2.20. The number of carbonyl (C=O) groups excluding carboxylic acids is 1. The Hall–Kier alpha value is -2.14. The Morgan fingerprint density at radius 3 is 2.65 bits per heavy atom. The number of carbonyl (C=O) groups is 1. The topological polar surface area (TPSA) is 44.1 Å². The fraction of sp³-hybridized carbons (Fsp3) is 0.0667. The van der Waals surface area contributed by atoms with E-state index in [-0.39, 0.29) is 5.97 Å². The maximum absolute atomic E-state index is 11.5. The number of hydrogen-bond acceptors (Lipinski definition) is 3. The number of rotatable bonds is 2. The molecule has 0 saturated heterocycles. The molecule has 1 aromatic heterocycles. The number of halogens is 1. The van der Waals surface area contributed by atoms with Crippen LogP contribution in [0.3, 0.4) is 0 Å². The molecule has 100 valence electrons. The van der Waals surface area contributed by atoms with Gasteiger partial charge in [0.25, 0.3) is 0 Å². The fourth-order valence-electron chi connectivity index (χ4n) is 2.06. The van der Waals surface area contributed by atoms with Crippen LogP contribution in [-0.2, 0) is 4.74 Å². The molecule has 0 atom stereocenters. The Balaban J connectivity index is 2.10. The van der Waals surface area contributed by atoms with Gasteiger partial charge in [0, 0.05) is 10.2 Å². The minimum Gasteiger partial charge on any atom is -0.465 e. The Labute approximate surface area is 124 Å². The molecule has 0 fully saturated rings. The van der Waals surface area contributed by atoms with E-state index in [4.69, 9.17) is 4.74 Å². The first-order valence-corrected chi connectivity index (χ1v) is 6.80. The van der Waals surface area contributed by atoms with Gasteiger partial charge in [-0.05, 0) is 42.5 Å². The molecule has 0 aliphatic carbocycles. The number of nitrogens with zero attached hydrogens (tertiary/aromatic N) is 2. The smallest absolute Gasteiger partial charge is 0.337 e. The number of methoxy groups -OCH3 is 1. The lowest BCUT2D eigenvalue weighted by atomic mass is 10.2. The zero-order chi connectivity index (χ0) is 14.1. The molecule has 0 spiro atoms. The molecule has 5 heteroatoms. The zero-order valence-electron chi connectivity index (χ0n) is 10.7. The molecule has 3 rings (SSSR count). The number of hydrogen-bond donors (Lipinski definition) is 0. The third-order valence-corrected chi connectivity index (χ3v) is 3.60. The van der Waals surface area contributed by atoms with E-state index in [1.807, 2.05) is 34.9 Å². The van der Waals surface area contributed by atoms with Gasteiger partial charge in [0.2, 0.25) is 0 Å². The standard InChI is InChI=1S/C15H11BrN2O2/c1-20-15(19)10-2-7-14-13(8-10)17-9-18(14)12-5-3-11(16)4-6-12/h2-9H,1H3. The second-order valence-corrected chi connectivity index (χ2v) is 5.20. The summed E-state index contributed by atoms with van der Waals surface area (Å²) in [6, 6.07) is 13.3. The van der Waals surface area contributed by atoms with Crippen LogP contribution in [0.15, 0.2) is 53.3 Å². The SMILES string of the molecule is COC(=O)c1ccc2c(c1)ncn2-c1ccc(Br)cc1. The van der Waals surface area contributed by atoms with E-state index in [1.54, 1.807) is 18.5 Å². The van der Waals surface area contributed by atoms with Crippen molar-refractivity contribution in [3.8, 4) is 5.69 Å². The first-order chi connectivity index (χ1) is 9.69. The Bertz CT molecular complexity index is 778. The predicted octanol–water partition coefficient (Wildman–Crippen LogP) is 3.57. The average Bonchev–Trinajstić information content (AvgIpc) is 2.90. The number of esters is 1. The molecule has 0 saturated carbocycles. The summed E-state index contributed by atoms with van der Waals surface area (Å²) >= 11 is 3.42. The Morgan fingerprint density at radius 1 is 1.20 bits per heavy atom. The van der Waals surface area contributed by atoms with Crippen LogP contribution < -0.4 is 0 Å². The summed E-state index contributed by atoms with van der Waals surface area (Å²) in [5, 5.41) is 0. The highest BCUT2D eigenvalue weighted by Crippen LogP contribution is 2.21. The normalized spacial score (nSPS) is 10.7. The molecule has 20 heavy (non-hydrogen) atoms. The van der Waals surface area contributed by atoms with Crippen molar-refractivity contribution in [2.45, 2.75) is 0 Å². The molecule has 0 unspecified atom stereocenters. The van der Waals surface area contributed by atoms with E-state index >= 15 is 0 Å². The van der Waals surface area contributed by atoms with Crippen molar-refractivity contribution in [1.29, 1.82) is 0 Å². The minimum atomic E-state index is -0.356. The maximum atomic E-state index is 11.5. The van der Waals surface area contributed by atoms with Crippen molar-refractivity contribution in [3.63, 3.8) is 0 Å². The van der Waals surface area contributed by atoms with Gasteiger partial charge < -0.3 is 4.74 Å². The highest BCUT2D eigenvalue weighted by molar-refractivity contribution is 9.10. The van der Waals surface area contributed by atoms with Crippen molar-refractivity contribution in [2.75, 3.05) is 7.11 Å². The lowest BCUT2D eigenvalue weighted by molar-refractivity contribution is 0.0601. The molecule has 0 aliphatic heterocycles. The largest absolute Gasteiger partial charge is 0.465 e. The van der Waals surface area contributed by atoms with E-state index in [9.17, 15) is 4.79 Å². The lowest BCUT2D eigenvalue weighted by Gasteiger charge is -2.05. The van der Waals surface area contributed by atoms with Crippen LogP contribution in [0.1, 0.15) is 10.4 Å². The molecule has 0 radical (unpaired) electrons. The van der Waals surface area contributed by atoms with Crippen molar-refractivity contribution in [3.05, 3.63) is 58.8 Å². The van der Waals surface area contributed by atoms with E-state index in [2.05, 4.69) is 20.9 Å². The molecule has 3 aromatic rings. The molecule has 4 nitrogen and oxygen atoms in total. The minimum absolute atomic E-state index is 0.356. The van der Waals surface area contributed by atoms with Gasteiger partial charge >= 0.3 is 5.97 Å². The van der Waals surface area contributed by atoms with Gasteiger partial charge in [-0.1, -0.05) is 15.9 Å². The fourth-order valence-corrected chi connectivity index (χ4v) is 2.33. The lowest BCUT2D eigenvalue weighted by Crippen LogP contribution is -2.00. The molecule has 0 amide bonds. The molecule has 2 aromatic carbocycles. The molecular weight excluding hydrogens is 320 g/mol. The number of imidazole rings is 1. The van der Waals surface area contributed by atoms with Crippen LogP contribution in [0.5, 0.6) is 0 Å². The van der Waals surface area contributed by atoms with E-state index in [0.29, 0.717) is 5.56 Å². The summed E-state index contributed by atoms with van der Waals surface area (Å²) in [6.07, 6.45) is 1.75. The number of ether oxygens (including phenoxy) is 1. The average molecular weight is 331 g/mol. The number of aromatic nitrogens is 2. The third-order valence-electron chi connectivity index (χ3n) is 3.07. The highest BCUT2D eigenvalue weighted by Gasteiger charge is 2.09.